The molecule has 1 N–H and O–H groups in total. The lowest BCUT2D eigenvalue weighted by molar-refractivity contribution is -0.125. The highest BCUT2D eigenvalue weighted by molar-refractivity contribution is 5.83. The summed E-state index contributed by atoms with van der Waals surface area (Å²) in [7, 11) is 2.01. The number of benzene rings is 2. The van der Waals surface area contributed by atoms with Gasteiger partial charge in [0.25, 0.3) is 0 Å². The molecule has 1 fully saturated rings. The monoisotopic (exact) mass is 282 g/mol. The number of nitrogens with zero attached hydrogens (tertiary/aromatic N) is 1. The third kappa shape index (κ3) is 3.42. The SMILES string of the molecule is C[C@@H](C(=O)NC1CC1)N(C)Cc1ccc2ccccc2c1. The van der Waals surface area contributed by atoms with E-state index in [1.54, 1.807) is 0 Å². The van der Waals surface area contributed by atoms with Crippen molar-refractivity contribution in [1.82, 2.24) is 10.2 Å². The van der Waals surface area contributed by atoms with E-state index in [-0.39, 0.29) is 11.9 Å². The molecule has 2 aromatic carbocycles. The number of fused-ring (bicyclic) bond motifs is 1. The normalized spacial score (nSPS) is 16.1. The summed E-state index contributed by atoms with van der Waals surface area (Å²) in [4.78, 5) is 14.2. The Balaban J connectivity index is 1.66. The minimum atomic E-state index is -0.0999. The van der Waals surface area contributed by atoms with E-state index in [9.17, 15) is 4.79 Å². The first kappa shape index (κ1) is 14.1. The van der Waals surface area contributed by atoms with Crippen LogP contribution in [-0.4, -0.2) is 29.9 Å². The highest BCUT2D eigenvalue weighted by Gasteiger charge is 2.27. The Hall–Kier alpha value is -1.87. The summed E-state index contributed by atoms with van der Waals surface area (Å²) in [5.41, 5.74) is 1.24. The zero-order chi connectivity index (χ0) is 14.8. The van der Waals surface area contributed by atoms with Crippen molar-refractivity contribution in [3.05, 3.63) is 48.0 Å². The molecule has 3 nitrogen and oxygen atoms in total. The van der Waals surface area contributed by atoms with Crippen LogP contribution in [0.1, 0.15) is 25.3 Å². The van der Waals surface area contributed by atoms with Crippen molar-refractivity contribution >= 4 is 16.7 Å². The van der Waals surface area contributed by atoms with Crippen LogP contribution in [0.4, 0.5) is 0 Å². The molecule has 1 atom stereocenters. The van der Waals surface area contributed by atoms with Crippen LogP contribution in [-0.2, 0) is 11.3 Å². The van der Waals surface area contributed by atoms with Crippen LogP contribution in [0.25, 0.3) is 10.8 Å². The van der Waals surface area contributed by atoms with Gasteiger partial charge in [-0.15, -0.1) is 0 Å². The van der Waals surface area contributed by atoms with Crippen molar-refractivity contribution in [2.75, 3.05) is 7.05 Å². The lowest BCUT2D eigenvalue weighted by Gasteiger charge is -2.24. The predicted octanol–water partition coefficient (Wildman–Crippen LogP) is 2.94. The number of amides is 1. The summed E-state index contributed by atoms with van der Waals surface area (Å²) < 4.78 is 0. The number of hydrogen-bond acceptors (Lipinski definition) is 2. The fraction of sp³-hybridized carbons (Fsp3) is 0.389. The van der Waals surface area contributed by atoms with Crippen molar-refractivity contribution < 1.29 is 4.79 Å². The molecule has 3 rings (SSSR count). The number of hydrogen-bond donors (Lipinski definition) is 1. The first-order valence-corrected chi connectivity index (χ1v) is 7.62. The van der Waals surface area contributed by atoms with E-state index in [0.29, 0.717) is 6.04 Å². The van der Waals surface area contributed by atoms with Crippen LogP contribution in [0.15, 0.2) is 42.5 Å². The van der Waals surface area contributed by atoms with E-state index in [1.165, 1.54) is 16.3 Å². The molecule has 0 radical (unpaired) electrons. The summed E-state index contributed by atoms with van der Waals surface area (Å²) >= 11 is 0. The third-order valence-corrected chi connectivity index (χ3v) is 4.21. The summed E-state index contributed by atoms with van der Waals surface area (Å²) in [5.74, 6) is 0.140. The summed E-state index contributed by atoms with van der Waals surface area (Å²) in [6.45, 7) is 2.75. The quantitative estimate of drug-likeness (QED) is 0.914. The summed E-state index contributed by atoms with van der Waals surface area (Å²) in [6.07, 6.45) is 2.26. The molecule has 1 aliphatic rings. The van der Waals surface area contributed by atoms with Gasteiger partial charge in [-0.05, 0) is 49.2 Å². The minimum Gasteiger partial charge on any atom is -0.352 e. The molecule has 0 heterocycles. The molecule has 0 unspecified atom stereocenters. The van der Waals surface area contributed by atoms with Gasteiger partial charge in [0.15, 0.2) is 0 Å². The second-order valence-corrected chi connectivity index (χ2v) is 6.06. The highest BCUT2D eigenvalue weighted by Crippen LogP contribution is 2.20. The first-order valence-electron chi connectivity index (χ1n) is 7.62. The second-order valence-electron chi connectivity index (χ2n) is 6.06. The molecular formula is C18H22N2O. The zero-order valence-corrected chi connectivity index (χ0v) is 12.7. The fourth-order valence-corrected chi connectivity index (χ4v) is 2.51. The Morgan fingerprint density at radius 2 is 1.95 bits per heavy atom. The topological polar surface area (TPSA) is 32.3 Å². The molecule has 0 aliphatic heterocycles. The van der Waals surface area contributed by atoms with Gasteiger partial charge in [0.2, 0.25) is 5.91 Å². The van der Waals surface area contributed by atoms with Crippen molar-refractivity contribution in [2.45, 2.75) is 38.4 Å². The van der Waals surface area contributed by atoms with Crippen molar-refractivity contribution in [3.8, 4) is 0 Å². The van der Waals surface area contributed by atoms with Crippen molar-refractivity contribution in [3.63, 3.8) is 0 Å². The van der Waals surface area contributed by atoms with Crippen LogP contribution in [0, 0.1) is 0 Å². The predicted molar refractivity (Wildman–Crippen MR) is 86.0 cm³/mol. The summed E-state index contributed by atoms with van der Waals surface area (Å²) in [5, 5.41) is 5.57. The van der Waals surface area contributed by atoms with Gasteiger partial charge in [-0.25, -0.2) is 0 Å². The maximum Gasteiger partial charge on any atom is 0.237 e. The van der Waals surface area contributed by atoms with E-state index < -0.39 is 0 Å². The molecular weight excluding hydrogens is 260 g/mol. The van der Waals surface area contributed by atoms with Crippen LogP contribution >= 0.6 is 0 Å². The molecule has 3 heteroatoms. The van der Waals surface area contributed by atoms with Crippen molar-refractivity contribution in [1.29, 1.82) is 0 Å². The van der Waals surface area contributed by atoms with E-state index in [0.717, 1.165) is 19.4 Å². The van der Waals surface area contributed by atoms with E-state index >= 15 is 0 Å². The van der Waals surface area contributed by atoms with Gasteiger partial charge in [0.05, 0.1) is 6.04 Å². The molecule has 21 heavy (non-hydrogen) atoms. The fourth-order valence-electron chi connectivity index (χ4n) is 2.51. The van der Waals surface area contributed by atoms with Gasteiger partial charge in [-0.2, -0.15) is 0 Å². The van der Waals surface area contributed by atoms with Crippen LogP contribution < -0.4 is 5.32 Å². The number of carbonyl (C=O) groups is 1. The Morgan fingerprint density at radius 3 is 2.67 bits per heavy atom. The first-order chi connectivity index (χ1) is 10.1. The van der Waals surface area contributed by atoms with Gasteiger partial charge in [-0.1, -0.05) is 36.4 Å². The lowest BCUT2D eigenvalue weighted by atomic mass is 10.1. The maximum absolute atomic E-state index is 12.1. The van der Waals surface area contributed by atoms with Gasteiger partial charge < -0.3 is 5.32 Å². The zero-order valence-electron chi connectivity index (χ0n) is 12.7. The Labute approximate surface area is 125 Å². The number of nitrogens with one attached hydrogen (secondary N) is 1. The van der Waals surface area contributed by atoms with E-state index in [2.05, 4.69) is 52.7 Å². The molecule has 0 bridgehead atoms. The molecule has 1 saturated carbocycles. The van der Waals surface area contributed by atoms with Gasteiger partial charge in [0, 0.05) is 12.6 Å². The second kappa shape index (κ2) is 5.86. The smallest absolute Gasteiger partial charge is 0.237 e. The van der Waals surface area contributed by atoms with Crippen molar-refractivity contribution in [2.24, 2.45) is 0 Å². The van der Waals surface area contributed by atoms with E-state index in [1.807, 2.05) is 14.0 Å². The van der Waals surface area contributed by atoms with Gasteiger partial charge in [-0.3, -0.25) is 9.69 Å². The third-order valence-electron chi connectivity index (χ3n) is 4.21. The average molecular weight is 282 g/mol. The molecule has 0 saturated heterocycles. The summed E-state index contributed by atoms with van der Waals surface area (Å²) in [6, 6.07) is 15.2. The minimum absolute atomic E-state index is 0.0999. The lowest BCUT2D eigenvalue weighted by Crippen LogP contribution is -2.43. The number of carbonyl (C=O) groups excluding carboxylic acids is 1. The molecule has 110 valence electrons. The van der Waals surface area contributed by atoms with Gasteiger partial charge in [0.1, 0.15) is 0 Å². The average Bonchev–Trinajstić information content (AvgIpc) is 3.30. The maximum atomic E-state index is 12.1. The molecule has 1 amide bonds. The van der Waals surface area contributed by atoms with Crippen LogP contribution in [0.3, 0.4) is 0 Å². The number of likely N-dealkylation sites (N-methyl/N-ethyl adjacent to an activating group) is 1. The largest absolute Gasteiger partial charge is 0.352 e. The Kier molecular flexibility index (Phi) is 3.93. The van der Waals surface area contributed by atoms with E-state index in [4.69, 9.17) is 0 Å². The molecule has 0 spiro atoms. The highest BCUT2D eigenvalue weighted by atomic mass is 16.2. The molecule has 2 aromatic rings. The molecule has 0 aromatic heterocycles. The van der Waals surface area contributed by atoms with Crippen LogP contribution in [0.5, 0.6) is 0 Å². The van der Waals surface area contributed by atoms with Crippen LogP contribution in [0.2, 0.25) is 0 Å². The Morgan fingerprint density at radius 1 is 1.24 bits per heavy atom. The van der Waals surface area contributed by atoms with Gasteiger partial charge >= 0.3 is 0 Å². The number of rotatable bonds is 5. The molecule has 1 aliphatic carbocycles. The Bertz CT molecular complexity index is 648. The standard InChI is InChI=1S/C18H22N2O/c1-13(18(21)19-17-9-10-17)20(2)12-14-7-8-15-5-3-4-6-16(15)11-14/h3-8,11,13,17H,9-10,12H2,1-2H3,(H,19,21)/t13-/m0/s1.